The second kappa shape index (κ2) is 8.12. The van der Waals surface area contributed by atoms with Gasteiger partial charge in [-0.15, -0.1) is 0 Å². The predicted molar refractivity (Wildman–Crippen MR) is 107 cm³/mol. The van der Waals surface area contributed by atoms with Gasteiger partial charge in [-0.25, -0.2) is 14.4 Å². The summed E-state index contributed by atoms with van der Waals surface area (Å²) in [6.07, 6.45) is 4.46. The molecule has 0 atom stereocenters. The Kier molecular flexibility index (Phi) is 5.41. The summed E-state index contributed by atoms with van der Waals surface area (Å²) >= 11 is 0. The number of amides is 1. The van der Waals surface area contributed by atoms with Crippen LogP contribution in [0.15, 0.2) is 30.3 Å². The van der Waals surface area contributed by atoms with Gasteiger partial charge in [0, 0.05) is 44.0 Å². The van der Waals surface area contributed by atoms with E-state index in [9.17, 15) is 9.18 Å². The quantitative estimate of drug-likeness (QED) is 0.880. The normalized spacial score (nSPS) is 17.8. The molecular weight excluding hydrogens is 357 g/mol. The molecule has 1 N–H and O–H groups in total. The third-order valence-electron chi connectivity index (χ3n) is 5.54. The predicted octanol–water partition coefficient (Wildman–Crippen LogP) is 2.92. The molecule has 1 saturated carbocycles. The summed E-state index contributed by atoms with van der Waals surface area (Å²) in [5.41, 5.74) is 1.46. The molecule has 1 amide bonds. The monoisotopic (exact) mass is 383 g/mol. The topological polar surface area (TPSA) is 61.4 Å². The molecule has 148 valence electrons. The van der Waals surface area contributed by atoms with Crippen LogP contribution in [0.2, 0.25) is 0 Å². The fraction of sp³-hybridized carbons (Fsp3) is 0.476. The van der Waals surface area contributed by atoms with Gasteiger partial charge in [-0.1, -0.05) is 12.8 Å². The van der Waals surface area contributed by atoms with Crippen molar-refractivity contribution in [3.8, 4) is 0 Å². The van der Waals surface area contributed by atoms with Gasteiger partial charge < -0.3 is 15.1 Å². The molecule has 1 aromatic carbocycles. The largest absolute Gasteiger partial charge is 0.368 e. The van der Waals surface area contributed by atoms with Crippen LogP contribution in [-0.4, -0.2) is 48.1 Å². The molecule has 1 aliphatic heterocycles. The first-order chi connectivity index (χ1) is 13.6. The summed E-state index contributed by atoms with van der Waals surface area (Å²) in [5.74, 6) is 1.07. The zero-order chi connectivity index (χ0) is 19.5. The van der Waals surface area contributed by atoms with Crippen LogP contribution in [-0.2, 0) is 0 Å². The Labute approximate surface area is 164 Å². The van der Waals surface area contributed by atoms with Crippen molar-refractivity contribution < 1.29 is 9.18 Å². The van der Waals surface area contributed by atoms with E-state index >= 15 is 0 Å². The molecule has 7 heteroatoms. The van der Waals surface area contributed by atoms with E-state index in [0.717, 1.165) is 50.5 Å². The Morgan fingerprint density at radius 1 is 1.04 bits per heavy atom. The molecule has 2 fully saturated rings. The Hall–Kier alpha value is -2.70. The SMILES string of the molecule is Cc1nc(C(=O)NC2CCCC2)cc(N2CCN(c3ccc(F)cc3)CC2)n1. The lowest BCUT2D eigenvalue weighted by Crippen LogP contribution is -2.47. The maximum Gasteiger partial charge on any atom is 0.270 e. The van der Waals surface area contributed by atoms with Crippen molar-refractivity contribution in [1.82, 2.24) is 15.3 Å². The van der Waals surface area contributed by atoms with Crippen LogP contribution in [0.3, 0.4) is 0 Å². The van der Waals surface area contributed by atoms with Crippen molar-refractivity contribution >= 4 is 17.4 Å². The van der Waals surface area contributed by atoms with Gasteiger partial charge in [0.1, 0.15) is 23.2 Å². The van der Waals surface area contributed by atoms with E-state index in [1.807, 2.05) is 19.1 Å². The lowest BCUT2D eigenvalue weighted by atomic mass is 10.2. The number of nitrogens with zero attached hydrogens (tertiary/aromatic N) is 4. The minimum Gasteiger partial charge on any atom is -0.368 e. The number of rotatable bonds is 4. The molecule has 0 radical (unpaired) electrons. The fourth-order valence-electron chi connectivity index (χ4n) is 4.01. The van der Waals surface area contributed by atoms with Gasteiger partial charge in [0.15, 0.2) is 0 Å². The van der Waals surface area contributed by atoms with E-state index < -0.39 is 0 Å². The number of benzene rings is 1. The lowest BCUT2D eigenvalue weighted by molar-refractivity contribution is 0.0932. The van der Waals surface area contributed by atoms with Crippen molar-refractivity contribution in [3.05, 3.63) is 47.7 Å². The molecule has 0 bridgehead atoms. The van der Waals surface area contributed by atoms with Crippen LogP contribution in [0.4, 0.5) is 15.9 Å². The van der Waals surface area contributed by atoms with E-state index in [1.165, 1.54) is 25.0 Å². The van der Waals surface area contributed by atoms with Gasteiger partial charge >= 0.3 is 0 Å². The minimum atomic E-state index is -0.220. The van der Waals surface area contributed by atoms with Crippen LogP contribution in [0.5, 0.6) is 0 Å². The molecule has 0 unspecified atom stereocenters. The number of hydrogen-bond acceptors (Lipinski definition) is 5. The molecule has 4 rings (SSSR count). The number of carbonyl (C=O) groups excluding carboxylic acids is 1. The number of carbonyl (C=O) groups is 1. The third-order valence-corrected chi connectivity index (χ3v) is 5.54. The van der Waals surface area contributed by atoms with Crippen molar-refractivity contribution in [2.75, 3.05) is 36.0 Å². The summed E-state index contributed by atoms with van der Waals surface area (Å²) in [7, 11) is 0. The van der Waals surface area contributed by atoms with Gasteiger partial charge in [-0.05, 0) is 44.0 Å². The van der Waals surface area contributed by atoms with Crippen molar-refractivity contribution in [2.45, 2.75) is 38.6 Å². The summed E-state index contributed by atoms with van der Waals surface area (Å²) in [6, 6.07) is 8.67. The zero-order valence-electron chi connectivity index (χ0n) is 16.2. The van der Waals surface area contributed by atoms with Crippen LogP contribution in [0, 0.1) is 12.7 Å². The smallest absolute Gasteiger partial charge is 0.270 e. The number of piperazine rings is 1. The first-order valence-electron chi connectivity index (χ1n) is 10.0. The van der Waals surface area contributed by atoms with E-state index in [2.05, 4.69) is 25.1 Å². The van der Waals surface area contributed by atoms with E-state index in [4.69, 9.17) is 0 Å². The van der Waals surface area contributed by atoms with Crippen LogP contribution in [0.25, 0.3) is 0 Å². The third kappa shape index (κ3) is 4.24. The van der Waals surface area contributed by atoms with Crippen molar-refractivity contribution in [3.63, 3.8) is 0 Å². The minimum absolute atomic E-state index is 0.108. The van der Waals surface area contributed by atoms with Crippen molar-refractivity contribution in [1.29, 1.82) is 0 Å². The number of anilines is 2. The Bertz CT molecular complexity index is 827. The first kappa shape index (κ1) is 18.7. The second-order valence-electron chi connectivity index (χ2n) is 7.56. The highest BCUT2D eigenvalue weighted by atomic mass is 19.1. The molecule has 28 heavy (non-hydrogen) atoms. The summed E-state index contributed by atoms with van der Waals surface area (Å²) in [4.78, 5) is 25.9. The Morgan fingerprint density at radius 3 is 2.36 bits per heavy atom. The van der Waals surface area contributed by atoms with Gasteiger partial charge in [0.05, 0.1) is 0 Å². The molecule has 1 saturated heterocycles. The average molecular weight is 383 g/mol. The fourth-order valence-corrected chi connectivity index (χ4v) is 4.01. The first-order valence-corrected chi connectivity index (χ1v) is 10.0. The number of hydrogen-bond donors (Lipinski definition) is 1. The Morgan fingerprint density at radius 2 is 1.68 bits per heavy atom. The number of aromatic nitrogens is 2. The molecule has 6 nitrogen and oxygen atoms in total. The highest BCUT2D eigenvalue weighted by Crippen LogP contribution is 2.21. The number of aryl methyl sites for hydroxylation is 1. The Balaban J connectivity index is 1.42. The van der Waals surface area contributed by atoms with E-state index in [-0.39, 0.29) is 17.8 Å². The molecule has 2 aliphatic rings. The van der Waals surface area contributed by atoms with Gasteiger partial charge in [0.2, 0.25) is 0 Å². The van der Waals surface area contributed by atoms with Gasteiger partial charge in [-0.3, -0.25) is 4.79 Å². The van der Waals surface area contributed by atoms with Crippen molar-refractivity contribution in [2.24, 2.45) is 0 Å². The van der Waals surface area contributed by atoms with E-state index in [0.29, 0.717) is 11.5 Å². The molecule has 1 aromatic heterocycles. The maximum atomic E-state index is 13.1. The summed E-state index contributed by atoms with van der Waals surface area (Å²) < 4.78 is 13.1. The van der Waals surface area contributed by atoms with Crippen LogP contribution >= 0.6 is 0 Å². The molecular formula is C21H26FN5O. The summed E-state index contributed by atoms with van der Waals surface area (Å²) in [5, 5.41) is 3.10. The summed E-state index contributed by atoms with van der Waals surface area (Å²) in [6.45, 7) is 5.04. The average Bonchev–Trinajstić information content (AvgIpc) is 3.21. The van der Waals surface area contributed by atoms with Crippen LogP contribution in [0.1, 0.15) is 42.0 Å². The molecule has 0 spiro atoms. The lowest BCUT2D eigenvalue weighted by Gasteiger charge is -2.36. The van der Waals surface area contributed by atoms with E-state index in [1.54, 1.807) is 6.07 Å². The highest BCUT2D eigenvalue weighted by molar-refractivity contribution is 5.93. The second-order valence-corrected chi connectivity index (χ2v) is 7.56. The molecule has 2 heterocycles. The number of nitrogens with one attached hydrogen (secondary N) is 1. The highest BCUT2D eigenvalue weighted by Gasteiger charge is 2.22. The maximum absolute atomic E-state index is 13.1. The van der Waals surface area contributed by atoms with Gasteiger partial charge in [0.25, 0.3) is 5.91 Å². The zero-order valence-corrected chi connectivity index (χ0v) is 16.2. The van der Waals surface area contributed by atoms with Gasteiger partial charge in [-0.2, -0.15) is 0 Å². The molecule has 2 aromatic rings. The van der Waals surface area contributed by atoms with Crippen LogP contribution < -0.4 is 15.1 Å². The molecule has 1 aliphatic carbocycles. The standard InChI is InChI=1S/C21H26FN5O/c1-15-23-19(21(28)25-17-4-2-3-5-17)14-20(24-15)27-12-10-26(11-13-27)18-8-6-16(22)7-9-18/h6-9,14,17H,2-5,10-13H2,1H3,(H,25,28). The number of halogens is 1.